The van der Waals surface area contributed by atoms with Crippen LogP contribution in [0.15, 0.2) is 132 Å². The van der Waals surface area contributed by atoms with Crippen molar-refractivity contribution in [1.29, 1.82) is 0 Å². The van der Waals surface area contributed by atoms with Crippen molar-refractivity contribution in [2.24, 2.45) is 0 Å². The van der Waals surface area contributed by atoms with E-state index >= 15 is 0 Å². The van der Waals surface area contributed by atoms with Gasteiger partial charge in [0.1, 0.15) is 11.2 Å². The van der Waals surface area contributed by atoms with Gasteiger partial charge in [-0.25, -0.2) is 4.98 Å². The number of hydrogen-bond acceptors (Lipinski definition) is 5. The largest absolute Gasteiger partial charge is 0.456 e. The highest BCUT2D eigenvalue weighted by molar-refractivity contribution is 6.13. The van der Waals surface area contributed by atoms with Crippen LogP contribution in [0.5, 0.6) is 0 Å². The van der Waals surface area contributed by atoms with Crippen LogP contribution in [-0.2, 0) is 0 Å². The minimum atomic E-state index is 0.564. The van der Waals surface area contributed by atoms with Crippen LogP contribution in [0.25, 0.3) is 83.2 Å². The number of furan rings is 1. The van der Waals surface area contributed by atoms with E-state index in [-0.39, 0.29) is 0 Å². The number of para-hydroxylation sites is 1. The molecular formula is C36H21N5O. The van der Waals surface area contributed by atoms with Gasteiger partial charge >= 0.3 is 0 Å². The molecular weight excluding hydrogens is 518 g/mol. The summed E-state index contributed by atoms with van der Waals surface area (Å²) in [5.41, 5.74) is 5.43. The molecule has 0 radical (unpaired) electrons. The second kappa shape index (κ2) is 8.81. The number of fused-ring (bicyclic) bond motifs is 7. The van der Waals surface area contributed by atoms with Crippen LogP contribution >= 0.6 is 0 Å². The third kappa shape index (κ3) is 3.45. The Bertz CT molecular complexity index is 2480. The molecule has 0 spiro atoms. The summed E-state index contributed by atoms with van der Waals surface area (Å²) in [5.74, 6) is 1.75. The number of benzene rings is 5. The predicted octanol–water partition coefficient (Wildman–Crippen LogP) is 8.75. The lowest BCUT2D eigenvalue weighted by molar-refractivity contribution is 0.668. The molecule has 0 aliphatic rings. The van der Waals surface area contributed by atoms with Gasteiger partial charge < -0.3 is 4.42 Å². The Morgan fingerprint density at radius 1 is 0.500 bits per heavy atom. The summed E-state index contributed by atoms with van der Waals surface area (Å²) in [6.07, 6.45) is 3.58. The minimum Gasteiger partial charge on any atom is -0.456 e. The average Bonchev–Trinajstić information content (AvgIpc) is 3.58. The van der Waals surface area contributed by atoms with E-state index < -0.39 is 0 Å². The molecule has 4 heterocycles. The standard InChI is InChI=1S/C36H21N5O/c1-2-8-22(9-3-1)34-38-35(25-14-15-27-29-21-37-17-16-32(29)42-33(27)20-25)40-36(39-34)41-30-13-7-6-12-26(30)28-18-23-10-4-5-11-24(23)19-31(28)41/h1-21H. The molecule has 4 aromatic heterocycles. The van der Waals surface area contributed by atoms with Gasteiger partial charge in [-0.05, 0) is 47.2 Å². The Labute approximate surface area is 239 Å². The van der Waals surface area contributed by atoms with Gasteiger partial charge in [0.25, 0.3) is 0 Å². The van der Waals surface area contributed by atoms with Gasteiger partial charge in [-0.15, -0.1) is 0 Å². The average molecular weight is 540 g/mol. The van der Waals surface area contributed by atoms with Crippen molar-refractivity contribution >= 4 is 54.5 Å². The van der Waals surface area contributed by atoms with Crippen LogP contribution in [-0.4, -0.2) is 24.5 Å². The molecule has 6 heteroatoms. The third-order valence-electron chi connectivity index (χ3n) is 7.93. The van der Waals surface area contributed by atoms with Crippen LogP contribution in [0.4, 0.5) is 0 Å². The highest BCUT2D eigenvalue weighted by Crippen LogP contribution is 2.36. The molecule has 196 valence electrons. The molecule has 0 fully saturated rings. The van der Waals surface area contributed by atoms with Gasteiger partial charge in [-0.1, -0.05) is 78.9 Å². The van der Waals surface area contributed by atoms with Crippen LogP contribution in [0.3, 0.4) is 0 Å². The van der Waals surface area contributed by atoms with Crippen LogP contribution in [0, 0.1) is 0 Å². The highest BCUT2D eigenvalue weighted by atomic mass is 16.3. The molecule has 0 unspecified atom stereocenters. The number of rotatable bonds is 3. The molecule has 0 aliphatic carbocycles. The lowest BCUT2D eigenvalue weighted by Gasteiger charge is -2.11. The number of aromatic nitrogens is 5. The summed E-state index contributed by atoms with van der Waals surface area (Å²) in [6, 6.07) is 39.4. The number of pyridine rings is 1. The summed E-state index contributed by atoms with van der Waals surface area (Å²) < 4.78 is 8.32. The molecule has 0 amide bonds. The fourth-order valence-corrected chi connectivity index (χ4v) is 5.94. The summed E-state index contributed by atoms with van der Waals surface area (Å²) in [4.78, 5) is 19.4. The van der Waals surface area contributed by atoms with E-state index in [1.807, 2.05) is 54.7 Å². The molecule has 0 bridgehead atoms. The van der Waals surface area contributed by atoms with Gasteiger partial charge in [0.2, 0.25) is 5.95 Å². The maximum atomic E-state index is 6.17. The molecule has 5 aromatic carbocycles. The van der Waals surface area contributed by atoms with E-state index in [0.717, 1.165) is 60.3 Å². The number of nitrogens with zero attached hydrogens (tertiary/aromatic N) is 5. The Morgan fingerprint density at radius 3 is 2.14 bits per heavy atom. The van der Waals surface area contributed by atoms with Crippen molar-refractivity contribution in [2.45, 2.75) is 0 Å². The highest BCUT2D eigenvalue weighted by Gasteiger charge is 2.19. The first kappa shape index (κ1) is 22.9. The SMILES string of the molecule is c1ccc(-c2nc(-c3ccc4c(c3)oc3ccncc34)nc(-n3c4ccccc4c4cc5ccccc5cc43)n2)cc1. The molecule has 0 N–H and O–H groups in total. The second-order valence-electron chi connectivity index (χ2n) is 10.4. The maximum absolute atomic E-state index is 6.17. The topological polar surface area (TPSA) is 69.6 Å². The first-order valence-electron chi connectivity index (χ1n) is 13.8. The van der Waals surface area contributed by atoms with Crippen molar-refractivity contribution in [1.82, 2.24) is 24.5 Å². The van der Waals surface area contributed by atoms with E-state index in [0.29, 0.717) is 17.6 Å². The van der Waals surface area contributed by atoms with E-state index in [9.17, 15) is 0 Å². The Kier molecular flexibility index (Phi) is 4.80. The van der Waals surface area contributed by atoms with Crippen LogP contribution in [0.1, 0.15) is 0 Å². The van der Waals surface area contributed by atoms with Crippen molar-refractivity contribution in [3.05, 3.63) is 128 Å². The van der Waals surface area contributed by atoms with E-state index in [1.54, 1.807) is 6.20 Å². The zero-order valence-corrected chi connectivity index (χ0v) is 22.3. The van der Waals surface area contributed by atoms with Gasteiger partial charge in [-0.2, -0.15) is 9.97 Å². The molecule has 0 saturated heterocycles. The summed E-state index contributed by atoms with van der Waals surface area (Å²) in [7, 11) is 0. The summed E-state index contributed by atoms with van der Waals surface area (Å²) >= 11 is 0. The minimum absolute atomic E-state index is 0.564. The van der Waals surface area contributed by atoms with Gasteiger partial charge in [0.05, 0.1) is 11.0 Å². The zero-order valence-electron chi connectivity index (χ0n) is 22.3. The lowest BCUT2D eigenvalue weighted by Crippen LogP contribution is -2.06. The van der Waals surface area contributed by atoms with E-state index in [2.05, 4.69) is 76.3 Å². The van der Waals surface area contributed by atoms with Gasteiger partial charge in [0, 0.05) is 45.1 Å². The summed E-state index contributed by atoms with van der Waals surface area (Å²) in [5, 5.41) is 6.66. The lowest BCUT2D eigenvalue weighted by atomic mass is 10.1. The van der Waals surface area contributed by atoms with E-state index in [4.69, 9.17) is 19.4 Å². The molecule has 9 aromatic rings. The van der Waals surface area contributed by atoms with Crippen molar-refractivity contribution in [3.8, 4) is 28.7 Å². The molecule has 0 saturated carbocycles. The first-order chi connectivity index (χ1) is 20.8. The van der Waals surface area contributed by atoms with Gasteiger partial charge in [-0.3, -0.25) is 9.55 Å². The fourth-order valence-electron chi connectivity index (χ4n) is 5.94. The monoisotopic (exact) mass is 539 g/mol. The second-order valence-corrected chi connectivity index (χ2v) is 10.4. The molecule has 0 aliphatic heterocycles. The van der Waals surface area contributed by atoms with Crippen molar-refractivity contribution < 1.29 is 4.42 Å². The van der Waals surface area contributed by atoms with Crippen molar-refractivity contribution in [3.63, 3.8) is 0 Å². The first-order valence-corrected chi connectivity index (χ1v) is 13.8. The van der Waals surface area contributed by atoms with Crippen LogP contribution in [0.2, 0.25) is 0 Å². The summed E-state index contributed by atoms with van der Waals surface area (Å²) in [6.45, 7) is 0. The van der Waals surface area contributed by atoms with Crippen LogP contribution < -0.4 is 0 Å². The Balaban J connectivity index is 1.34. The van der Waals surface area contributed by atoms with E-state index in [1.165, 1.54) is 5.39 Å². The van der Waals surface area contributed by atoms with Gasteiger partial charge in [0.15, 0.2) is 11.6 Å². The zero-order chi connectivity index (χ0) is 27.6. The third-order valence-corrected chi connectivity index (χ3v) is 7.93. The quantitative estimate of drug-likeness (QED) is 0.224. The molecule has 0 atom stereocenters. The smallest absolute Gasteiger partial charge is 0.238 e. The van der Waals surface area contributed by atoms with Crippen molar-refractivity contribution in [2.75, 3.05) is 0 Å². The molecule has 6 nitrogen and oxygen atoms in total. The Hall–Kier alpha value is -5.88. The molecule has 9 rings (SSSR count). The Morgan fingerprint density at radius 2 is 1.26 bits per heavy atom. The predicted molar refractivity (Wildman–Crippen MR) is 168 cm³/mol. The maximum Gasteiger partial charge on any atom is 0.238 e. The number of hydrogen-bond donors (Lipinski definition) is 0. The molecule has 42 heavy (non-hydrogen) atoms. The fraction of sp³-hybridized carbons (Fsp3) is 0. The normalized spacial score (nSPS) is 11.8.